The fourth-order valence-corrected chi connectivity index (χ4v) is 2.20. The average molecular weight is 245 g/mol. The Morgan fingerprint density at radius 1 is 1.22 bits per heavy atom. The van der Waals surface area contributed by atoms with E-state index in [2.05, 4.69) is 34.1 Å². The van der Waals surface area contributed by atoms with Crippen LogP contribution in [0, 0.1) is 0 Å². The Kier molecular flexibility index (Phi) is 4.40. The van der Waals surface area contributed by atoms with Gasteiger partial charge in [-0.3, -0.25) is 4.79 Å². The van der Waals surface area contributed by atoms with Gasteiger partial charge in [0.1, 0.15) is 0 Å². The van der Waals surface area contributed by atoms with E-state index < -0.39 is 0 Å². The van der Waals surface area contributed by atoms with Crippen LogP contribution < -0.4 is 0 Å². The number of benzene rings is 1. The molecule has 0 bridgehead atoms. The minimum absolute atomic E-state index is 0.109. The second-order valence-corrected chi connectivity index (χ2v) is 4.50. The van der Waals surface area contributed by atoms with E-state index in [4.69, 9.17) is 0 Å². The zero-order valence-corrected chi connectivity index (χ0v) is 10.7. The highest BCUT2D eigenvalue weighted by Crippen LogP contribution is 2.19. The molecule has 3 heteroatoms. The van der Waals surface area contributed by atoms with E-state index in [0.29, 0.717) is 6.42 Å². The topological polar surface area (TPSA) is 42.1 Å². The summed E-state index contributed by atoms with van der Waals surface area (Å²) in [6, 6.07) is 8.35. The molecule has 0 unspecified atom stereocenters. The SMILES string of the molecule is COC(=O)CCCCCc1c[nH]c2ccccc12. The summed E-state index contributed by atoms with van der Waals surface area (Å²) in [7, 11) is 1.44. The molecule has 0 aliphatic heterocycles. The molecule has 0 spiro atoms. The van der Waals surface area contributed by atoms with Gasteiger partial charge < -0.3 is 9.72 Å². The number of aromatic amines is 1. The van der Waals surface area contributed by atoms with Crippen LogP contribution in [0.15, 0.2) is 30.5 Å². The van der Waals surface area contributed by atoms with Gasteiger partial charge in [-0.15, -0.1) is 0 Å². The molecular formula is C15H19NO2. The fourth-order valence-electron chi connectivity index (χ4n) is 2.20. The highest BCUT2D eigenvalue weighted by molar-refractivity contribution is 5.82. The Bertz CT molecular complexity index is 516. The molecule has 0 saturated carbocycles. The van der Waals surface area contributed by atoms with E-state index in [1.54, 1.807) is 0 Å². The molecule has 3 nitrogen and oxygen atoms in total. The maximum Gasteiger partial charge on any atom is 0.305 e. The number of esters is 1. The molecule has 1 N–H and O–H groups in total. The molecule has 2 rings (SSSR count). The smallest absolute Gasteiger partial charge is 0.305 e. The van der Waals surface area contributed by atoms with Crippen LogP contribution >= 0.6 is 0 Å². The van der Waals surface area contributed by atoms with Crippen molar-refractivity contribution in [3.05, 3.63) is 36.0 Å². The summed E-state index contributed by atoms with van der Waals surface area (Å²) < 4.78 is 4.62. The lowest BCUT2D eigenvalue weighted by molar-refractivity contribution is -0.140. The molecule has 96 valence electrons. The lowest BCUT2D eigenvalue weighted by Crippen LogP contribution is -1.99. The van der Waals surface area contributed by atoms with Gasteiger partial charge >= 0.3 is 5.97 Å². The van der Waals surface area contributed by atoms with Crippen molar-refractivity contribution in [1.29, 1.82) is 0 Å². The lowest BCUT2D eigenvalue weighted by Gasteiger charge is -2.00. The van der Waals surface area contributed by atoms with Crippen LogP contribution in [0.4, 0.5) is 0 Å². The number of rotatable bonds is 6. The molecular weight excluding hydrogens is 226 g/mol. The third-order valence-corrected chi connectivity index (χ3v) is 3.23. The first-order valence-corrected chi connectivity index (χ1v) is 6.43. The maximum atomic E-state index is 11.0. The van der Waals surface area contributed by atoms with Crippen LogP contribution in [0.2, 0.25) is 0 Å². The number of methoxy groups -OCH3 is 1. The Labute approximate surface area is 107 Å². The molecule has 1 aromatic heterocycles. The van der Waals surface area contributed by atoms with E-state index in [1.165, 1.54) is 23.6 Å². The molecule has 0 aliphatic rings. The molecule has 18 heavy (non-hydrogen) atoms. The van der Waals surface area contributed by atoms with Crippen molar-refractivity contribution in [3.63, 3.8) is 0 Å². The Morgan fingerprint density at radius 2 is 2.06 bits per heavy atom. The molecule has 0 radical (unpaired) electrons. The number of para-hydroxylation sites is 1. The summed E-state index contributed by atoms with van der Waals surface area (Å²) in [6.07, 6.45) is 6.77. The van der Waals surface area contributed by atoms with Gasteiger partial charge in [0.2, 0.25) is 0 Å². The lowest BCUT2D eigenvalue weighted by atomic mass is 10.1. The summed E-state index contributed by atoms with van der Waals surface area (Å²) in [5.41, 5.74) is 2.56. The molecule has 0 fully saturated rings. The first kappa shape index (κ1) is 12.7. The van der Waals surface area contributed by atoms with Crippen molar-refractivity contribution in [2.24, 2.45) is 0 Å². The van der Waals surface area contributed by atoms with E-state index in [1.807, 2.05) is 6.07 Å². The van der Waals surface area contributed by atoms with Crippen LogP contribution in [-0.4, -0.2) is 18.1 Å². The number of carbonyl (C=O) groups excluding carboxylic acids is 1. The van der Waals surface area contributed by atoms with Crippen molar-refractivity contribution >= 4 is 16.9 Å². The third kappa shape index (κ3) is 3.13. The summed E-state index contributed by atoms with van der Waals surface area (Å²) in [5, 5.41) is 1.31. The van der Waals surface area contributed by atoms with E-state index in [-0.39, 0.29) is 5.97 Å². The number of H-pyrrole nitrogens is 1. The van der Waals surface area contributed by atoms with Crippen molar-refractivity contribution in [2.75, 3.05) is 7.11 Å². The summed E-state index contributed by atoms with van der Waals surface area (Å²) in [5.74, 6) is -0.109. The highest BCUT2D eigenvalue weighted by atomic mass is 16.5. The van der Waals surface area contributed by atoms with Gasteiger partial charge in [0.05, 0.1) is 7.11 Å². The first-order chi connectivity index (χ1) is 8.81. The second kappa shape index (κ2) is 6.24. The van der Waals surface area contributed by atoms with Gasteiger partial charge in [0.25, 0.3) is 0 Å². The van der Waals surface area contributed by atoms with E-state index >= 15 is 0 Å². The minimum atomic E-state index is -0.109. The zero-order valence-electron chi connectivity index (χ0n) is 10.7. The number of fused-ring (bicyclic) bond motifs is 1. The number of nitrogens with one attached hydrogen (secondary N) is 1. The second-order valence-electron chi connectivity index (χ2n) is 4.50. The van der Waals surface area contributed by atoms with Crippen LogP contribution in [0.1, 0.15) is 31.2 Å². The molecule has 1 heterocycles. The molecule has 0 atom stereocenters. The Morgan fingerprint density at radius 3 is 2.89 bits per heavy atom. The van der Waals surface area contributed by atoms with Crippen LogP contribution in [0.25, 0.3) is 10.9 Å². The first-order valence-electron chi connectivity index (χ1n) is 6.43. The molecule has 0 saturated heterocycles. The van der Waals surface area contributed by atoms with Gasteiger partial charge in [-0.25, -0.2) is 0 Å². The average Bonchev–Trinajstić information content (AvgIpc) is 2.81. The number of carbonyl (C=O) groups is 1. The number of hydrogen-bond acceptors (Lipinski definition) is 2. The zero-order chi connectivity index (χ0) is 12.8. The number of aromatic nitrogens is 1. The van der Waals surface area contributed by atoms with Gasteiger partial charge in [-0.05, 0) is 30.9 Å². The normalized spacial score (nSPS) is 10.7. The van der Waals surface area contributed by atoms with Gasteiger partial charge in [0.15, 0.2) is 0 Å². The molecule has 0 aliphatic carbocycles. The number of ether oxygens (including phenoxy) is 1. The van der Waals surface area contributed by atoms with Gasteiger partial charge in [-0.2, -0.15) is 0 Å². The third-order valence-electron chi connectivity index (χ3n) is 3.23. The standard InChI is InChI=1S/C15H19NO2/c1-18-15(17)10-4-2-3-7-12-11-16-14-9-6-5-8-13(12)14/h5-6,8-9,11,16H,2-4,7,10H2,1H3. The monoisotopic (exact) mass is 245 g/mol. The Hall–Kier alpha value is -1.77. The molecule has 2 aromatic rings. The predicted molar refractivity (Wildman–Crippen MR) is 72.5 cm³/mol. The largest absolute Gasteiger partial charge is 0.469 e. The van der Waals surface area contributed by atoms with Crippen molar-refractivity contribution in [1.82, 2.24) is 4.98 Å². The molecule has 0 amide bonds. The predicted octanol–water partition coefficient (Wildman–Crippen LogP) is 3.44. The van der Waals surface area contributed by atoms with Gasteiger partial charge in [0, 0.05) is 23.5 Å². The van der Waals surface area contributed by atoms with Crippen molar-refractivity contribution in [2.45, 2.75) is 32.1 Å². The minimum Gasteiger partial charge on any atom is -0.469 e. The summed E-state index contributed by atoms with van der Waals surface area (Å²) >= 11 is 0. The highest BCUT2D eigenvalue weighted by Gasteiger charge is 2.03. The summed E-state index contributed by atoms with van der Waals surface area (Å²) in [4.78, 5) is 14.2. The Balaban J connectivity index is 1.78. The van der Waals surface area contributed by atoms with Crippen LogP contribution in [0.3, 0.4) is 0 Å². The van der Waals surface area contributed by atoms with Crippen molar-refractivity contribution in [3.8, 4) is 0 Å². The quantitative estimate of drug-likeness (QED) is 0.625. The van der Waals surface area contributed by atoms with E-state index in [9.17, 15) is 4.79 Å². The van der Waals surface area contributed by atoms with Crippen molar-refractivity contribution < 1.29 is 9.53 Å². The summed E-state index contributed by atoms with van der Waals surface area (Å²) in [6.45, 7) is 0. The van der Waals surface area contributed by atoms with Crippen LogP contribution in [0.5, 0.6) is 0 Å². The molecule has 1 aromatic carbocycles. The fraction of sp³-hybridized carbons (Fsp3) is 0.400. The van der Waals surface area contributed by atoms with Crippen LogP contribution in [-0.2, 0) is 16.0 Å². The van der Waals surface area contributed by atoms with E-state index in [0.717, 1.165) is 25.7 Å². The number of unbranched alkanes of at least 4 members (excludes halogenated alkanes) is 2. The number of aryl methyl sites for hydroxylation is 1. The number of hydrogen-bond donors (Lipinski definition) is 1. The van der Waals surface area contributed by atoms with Gasteiger partial charge in [-0.1, -0.05) is 24.6 Å². The maximum absolute atomic E-state index is 11.0.